The molecule has 0 radical (unpaired) electrons. The first-order valence-corrected chi connectivity index (χ1v) is 13.0. The summed E-state index contributed by atoms with van der Waals surface area (Å²) in [5.74, 6) is 0.815. The van der Waals surface area contributed by atoms with E-state index >= 15 is 0 Å². The molecule has 1 N–H and O–H groups in total. The number of carbonyl (C=O) groups is 2. The van der Waals surface area contributed by atoms with E-state index in [1.165, 1.54) is 11.1 Å². The summed E-state index contributed by atoms with van der Waals surface area (Å²) in [6.07, 6.45) is 0.446. The molecule has 2 amide bonds. The maximum Gasteiger partial charge on any atom is 0.243 e. The largest absolute Gasteiger partial charge is 0.355 e. The normalized spacial score (nSPS) is 11.6. The summed E-state index contributed by atoms with van der Waals surface area (Å²) in [5.41, 5.74) is 4.29. The quantitative estimate of drug-likeness (QED) is 0.374. The number of nitrogens with one attached hydrogen (secondary N) is 1. The van der Waals surface area contributed by atoms with Gasteiger partial charge in [-0.25, -0.2) is 0 Å². The van der Waals surface area contributed by atoms with Crippen LogP contribution in [0.5, 0.6) is 0 Å². The van der Waals surface area contributed by atoms with Crippen molar-refractivity contribution in [3.8, 4) is 0 Å². The molecule has 0 spiro atoms. The zero-order valence-electron chi connectivity index (χ0n) is 19.7. The lowest BCUT2D eigenvalue weighted by atomic mass is 10.0. The van der Waals surface area contributed by atoms with Gasteiger partial charge in [0.1, 0.15) is 6.04 Å². The Labute approximate surface area is 211 Å². The number of amides is 2. The van der Waals surface area contributed by atoms with E-state index in [9.17, 15) is 9.59 Å². The van der Waals surface area contributed by atoms with E-state index in [1.54, 1.807) is 22.7 Å². The molecule has 1 unspecified atom stereocenters. The molecule has 0 heterocycles. The van der Waals surface area contributed by atoms with Crippen LogP contribution >= 0.6 is 23.4 Å². The molecule has 3 aromatic carbocycles. The van der Waals surface area contributed by atoms with E-state index in [-0.39, 0.29) is 11.8 Å². The Morgan fingerprint density at radius 3 is 2.32 bits per heavy atom. The predicted octanol–water partition coefficient (Wildman–Crippen LogP) is 5.66. The van der Waals surface area contributed by atoms with E-state index in [1.807, 2.05) is 55.5 Å². The van der Waals surface area contributed by atoms with Crippen molar-refractivity contribution in [3.05, 3.63) is 106 Å². The van der Waals surface area contributed by atoms with Crippen LogP contribution in [0.2, 0.25) is 5.02 Å². The minimum Gasteiger partial charge on any atom is -0.355 e. The Hall–Kier alpha value is -2.76. The smallest absolute Gasteiger partial charge is 0.243 e. The van der Waals surface area contributed by atoms with Gasteiger partial charge >= 0.3 is 0 Å². The molecule has 0 bridgehead atoms. The summed E-state index contributed by atoms with van der Waals surface area (Å²) in [4.78, 5) is 28.3. The Morgan fingerprint density at radius 2 is 1.65 bits per heavy atom. The minimum atomic E-state index is -0.617. The molecule has 4 nitrogen and oxygen atoms in total. The van der Waals surface area contributed by atoms with Gasteiger partial charge in [-0.05, 0) is 42.7 Å². The second-order valence-electron chi connectivity index (χ2n) is 8.23. The molecular formula is C28H31ClN2O2S. The minimum absolute atomic E-state index is 0.0655. The van der Waals surface area contributed by atoms with Gasteiger partial charge in [-0.1, -0.05) is 83.9 Å². The molecule has 0 aliphatic rings. The maximum atomic E-state index is 13.5. The molecule has 0 fully saturated rings. The second kappa shape index (κ2) is 13.2. The lowest BCUT2D eigenvalue weighted by Gasteiger charge is -2.31. The van der Waals surface area contributed by atoms with Gasteiger partial charge in [0.25, 0.3) is 0 Å². The van der Waals surface area contributed by atoms with Gasteiger partial charge < -0.3 is 10.2 Å². The van der Waals surface area contributed by atoms with Crippen molar-refractivity contribution in [2.75, 3.05) is 12.3 Å². The molecule has 0 saturated heterocycles. The average Bonchev–Trinajstić information content (AvgIpc) is 2.83. The van der Waals surface area contributed by atoms with Crippen molar-refractivity contribution < 1.29 is 9.59 Å². The lowest BCUT2D eigenvalue weighted by molar-refractivity contribution is -0.139. The molecule has 0 saturated carbocycles. The number of benzene rings is 3. The first-order valence-electron chi connectivity index (χ1n) is 11.4. The number of hydrogen-bond acceptors (Lipinski definition) is 3. The summed E-state index contributed by atoms with van der Waals surface area (Å²) >= 11 is 7.77. The van der Waals surface area contributed by atoms with Gasteiger partial charge in [-0.2, -0.15) is 0 Å². The summed E-state index contributed by atoms with van der Waals surface area (Å²) in [7, 11) is 0. The van der Waals surface area contributed by atoms with Gasteiger partial charge in [-0.15, -0.1) is 11.8 Å². The molecular weight excluding hydrogens is 464 g/mol. The first kappa shape index (κ1) is 25.9. The maximum absolute atomic E-state index is 13.5. The monoisotopic (exact) mass is 494 g/mol. The highest BCUT2D eigenvalue weighted by molar-refractivity contribution is 7.99. The third-order valence-corrected chi connectivity index (χ3v) is 6.70. The lowest BCUT2D eigenvalue weighted by Crippen LogP contribution is -2.51. The van der Waals surface area contributed by atoms with Crippen molar-refractivity contribution in [1.29, 1.82) is 0 Å². The zero-order valence-corrected chi connectivity index (χ0v) is 21.2. The number of likely N-dealkylation sites (N-methyl/N-ethyl adjacent to an activating group) is 1. The van der Waals surface area contributed by atoms with Gasteiger partial charge in [0.2, 0.25) is 11.8 Å². The SMILES string of the molecule is CCNC(=O)C(Cc1ccccc1)N(Cc1cccc(Cl)c1)C(=O)CSCc1ccc(C)cc1. The molecule has 0 aliphatic carbocycles. The predicted molar refractivity (Wildman–Crippen MR) is 142 cm³/mol. The second-order valence-corrected chi connectivity index (χ2v) is 9.65. The third-order valence-electron chi connectivity index (χ3n) is 5.48. The molecule has 0 aliphatic heterocycles. The van der Waals surface area contributed by atoms with E-state index in [0.717, 1.165) is 16.9 Å². The summed E-state index contributed by atoms with van der Waals surface area (Å²) in [5, 5.41) is 3.53. The van der Waals surface area contributed by atoms with Crippen molar-refractivity contribution in [1.82, 2.24) is 10.2 Å². The number of rotatable bonds is 11. The van der Waals surface area contributed by atoms with Crippen LogP contribution in [-0.2, 0) is 28.3 Å². The standard InChI is InChI=1S/C28H31ClN2O2S/c1-3-30-28(33)26(17-22-8-5-4-6-9-22)31(18-24-10-7-11-25(29)16-24)27(32)20-34-19-23-14-12-21(2)13-15-23/h4-16,26H,3,17-20H2,1-2H3,(H,30,33). The van der Waals surface area contributed by atoms with Crippen LogP contribution in [0.25, 0.3) is 0 Å². The van der Waals surface area contributed by atoms with E-state index in [4.69, 9.17) is 11.6 Å². The van der Waals surface area contributed by atoms with Crippen LogP contribution in [0.4, 0.5) is 0 Å². The Kier molecular flexibility index (Phi) is 10.0. The number of nitrogens with zero attached hydrogens (tertiary/aromatic N) is 1. The average molecular weight is 495 g/mol. The fourth-order valence-corrected chi connectivity index (χ4v) is 4.78. The highest BCUT2D eigenvalue weighted by Gasteiger charge is 2.30. The number of hydrogen-bond donors (Lipinski definition) is 1. The van der Waals surface area contributed by atoms with Crippen LogP contribution < -0.4 is 5.32 Å². The molecule has 0 aromatic heterocycles. The number of carbonyl (C=O) groups excluding carboxylic acids is 2. The van der Waals surface area contributed by atoms with Crippen molar-refractivity contribution in [2.24, 2.45) is 0 Å². The van der Waals surface area contributed by atoms with Gasteiger partial charge in [-0.3, -0.25) is 9.59 Å². The summed E-state index contributed by atoms with van der Waals surface area (Å²) in [6.45, 7) is 4.77. The highest BCUT2D eigenvalue weighted by atomic mass is 35.5. The fraction of sp³-hybridized carbons (Fsp3) is 0.286. The number of halogens is 1. The van der Waals surface area contributed by atoms with Crippen LogP contribution in [0.15, 0.2) is 78.9 Å². The van der Waals surface area contributed by atoms with Crippen LogP contribution in [0.3, 0.4) is 0 Å². The van der Waals surface area contributed by atoms with Gasteiger partial charge in [0.05, 0.1) is 5.75 Å². The fourth-order valence-electron chi connectivity index (χ4n) is 3.70. The van der Waals surface area contributed by atoms with E-state index in [2.05, 4.69) is 36.5 Å². The van der Waals surface area contributed by atoms with Crippen molar-refractivity contribution >= 4 is 35.2 Å². The van der Waals surface area contributed by atoms with Gasteiger partial charge in [0, 0.05) is 30.3 Å². The van der Waals surface area contributed by atoms with Crippen molar-refractivity contribution in [2.45, 2.75) is 38.6 Å². The van der Waals surface area contributed by atoms with Crippen LogP contribution in [0.1, 0.15) is 29.2 Å². The van der Waals surface area contributed by atoms with E-state index in [0.29, 0.717) is 30.3 Å². The van der Waals surface area contributed by atoms with E-state index < -0.39 is 6.04 Å². The molecule has 1 atom stereocenters. The molecule has 3 aromatic rings. The molecule has 178 valence electrons. The summed E-state index contributed by atoms with van der Waals surface area (Å²) < 4.78 is 0. The highest BCUT2D eigenvalue weighted by Crippen LogP contribution is 2.20. The zero-order chi connectivity index (χ0) is 24.3. The third kappa shape index (κ3) is 7.93. The molecule has 34 heavy (non-hydrogen) atoms. The van der Waals surface area contributed by atoms with Gasteiger partial charge in [0.15, 0.2) is 0 Å². The number of thioether (sulfide) groups is 1. The summed E-state index contributed by atoms with van der Waals surface area (Å²) in [6, 6.07) is 25.0. The number of aryl methyl sites for hydroxylation is 1. The first-order chi connectivity index (χ1) is 16.5. The Balaban J connectivity index is 1.81. The molecule has 6 heteroatoms. The van der Waals surface area contributed by atoms with Crippen LogP contribution in [0, 0.1) is 6.92 Å². The molecule has 3 rings (SSSR count). The Bertz CT molecular complexity index is 1070. The topological polar surface area (TPSA) is 49.4 Å². The van der Waals surface area contributed by atoms with Crippen LogP contribution in [-0.4, -0.2) is 35.1 Å². The Morgan fingerprint density at radius 1 is 0.941 bits per heavy atom. The van der Waals surface area contributed by atoms with Crippen molar-refractivity contribution in [3.63, 3.8) is 0 Å².